The summed E-state index contributed by atoms with van der Waals surface area (Å²) in [4.78, 5) is 12.4. The highest BCUT2D eigenvalue weighted by molar-refractivity contribution is 5.80. The molecule has 0 heterocycles. The van der Waals surface area contributed by atoms with Gasteiger partial charge in [-0.25, -0.2) is 0 Å². The number of carbonyl (C=O) groups is 1. The molecule has 1 aromatic rings. The molecule has 1 unspecified atom stereocenters. The molecule has 0 bridgehead atoms. The van der Waals surface area contributed by atoms with Crippen molar-refractivity contribution in [3.05, 3.63) is 35.4 Å². The lowest BCUT2D eigenvalue weighted by Crippen LogP contribution is -2.41. The Morgan fingerprint density at radius 2 is 2.10 bits per heavy atom. The van der Waals surface area contributed by atoms with Crippen molar-refractivity contribution in [1.82, 2.24) is 0 Å². The van der Waals surface area contributed by atoms with Crippen molar-refractivity contribution in [3.63, 3.8) is 0 Å². The van der Waals surface area contributed by atoms with Crippen LogP contribution < -0.4 is 0 Å². The van der Waals surface area contributed by atoms with E-state index in [4.69, 9.17) is 4.74 Å². The summed E-state index contributed by atoms with van der Waals surface area (Å²) in [5.41, 5.74) is 2.74. The highest BCUT2D eigenvalue weighted by atomic mass is 16.5. The highest BCUT2D eigenvalue weighted by Crippen LogP contribution is 2.40. The van der Waals surface area contributed by atoms with Crippen molar-refractivity contribution in [2.45, 2.75) is 62.9 Å². The van der Waals surface area contributed by atoms with E-state index in [9.17, 15) is 4.79 Å². The minimum absolute atomic E-state index is 0.120. The van der Waals surface area contributed by atoms with E-state index in [2.05, 4.69) is 24.3 Å². The first kappa shape index (κ1) is 13.8. The number of benzene rings is 1. The van der Waals surface area contributed by atoms with E-state index in [1.165, 1.54) is 30.4 Å². The molecule has 0 radical (unpaired) electrons. The van der Waals surface area contributed by atoms with Gasteiger partial charge in [-0.15, -0.1) is 0 Å². The second-order valence-corrected chi connectivity index (χ2v) is 6.45. The third-order valence-electron chi connectivity index (χ3n) is 5.18. The number of hydrogen-bond acceptors (Lipinski definition) is 2. The molecule has 3 rings (SSSR count). The average Bonchev–Trinajstić information content (AvgIpc) is 2.43. The molecule has 0 spiro atoms. The van der Waals surface area contributed by atoms with Crippen LogP contribution in [0.4, 0.5) is 0 Å². The van der Waals surface area contributed by atoms with Crippen molar-refractivity contribution in [2.24, 2.45) is 0 Å². The summed E-state index contributed by atoms with van der Waals surface area (Å²) in [6, 6.07) is 8.64. The van der Waals surface area contributed by atoms with E-state index >= 15 is 0 Å². The van der Waals surface area contributed by atoms with Crippen LogP contribution in [0.25, 0.3) is 0 Å². The zero-order valence-corrected chi connectivity index (χ0v) is 12.4. The molecule has 1 saturated carbocycles. The van der Waals surface area contributed by atoms with Gasteiger partial charge in [-0.3, -0.25) is 4.79 Å². The Kier molecular flexibility index (Phi) is 3.93. The number of ketones is 1. The molecule has 1 aromatic carbocycles. The number of ether oxygens (including phenoxy) is 1. The molecule has 0 aromatic heterocycles. The van der Waals surface area contributed by atoms with E-state index in [0.717, 1.165) is 19.3 Å². The maximum absolute atomic E-state index is 12.4. The van der Waals surface area contributed by atoms with Gasteiger partial charge in [0, 0.05) is 20.0 Å². The molecule has 0 amide bonds. The lowest BCUT2D eigenvalue weighted by atomic mass is 9.74. The smallest absolute Gasteiger partial charge is 0.136 e. The number of carbonyl (C=O) groups excluding carboxylic acids is 1. The number of aryl methyl sites for hydroxylation is 1. The molecule has 0 saturated heterocycles. The van der Waals surface area contributed by atoms with Crippen molar-refractivity contribution in [1.29, 1.82) is 0 Å². The first-order valence-electron chi connectivity index (χ1n) is 7.87. The third kappa shape index (κ3) is 2.67. The molecule has 2 aliphatic rings. The van der Waals surface area contributed by atoms with Crippen LogP contribution in [-0.2, 0) is 16.0 Å². The van der Waals surface area contributed by atoms with Crippen LogP contribution in [0.15, 0.2) is 24.3 Å². The Morgan fingerprint density at radius 1 is 1.30 bits per heavy atom. The highest BCUT2D eigenvalue weighted by Gasteiger charge is 2.39. The second-order valence-electron chi connectivity index (χ2n) is 6.45. The van der Waals surface area contributed by atoms with Crippen LogP contribution >= 0.6 is 0 Å². The Labute approximate surface area is 121 Å². The van der Waals surface area contributed by atoms with Crippen molar-refractivity contribution < 1.29 is 9.53 Å². The predicted octanol–water partition coefficient (Wildman–Crippen LogP) is 4.02. The summed E-state index contributed by atoms with van der Waals surface area (Å²) in [6.45, 7) is 0. The van der Waals surface area contributed by atoms with E-state index in [1.54, 1.807) is 7.11 Å². The molecular weight excluding hydrogens is 248 g/mol. The fraction of sp³-hybridized carbons (Fsp3) is 0.611. The van der Waals surface area contributed by atoms with Crippen LogP contribution in [-0.4, -0.2) is 18.5 Å². The molecule has 2 aliphatic carbocycles. The number of fused-ring (bicyclic) bond motifs is 1. The first-order chi connectivity index (χ1) is 9.72. The van der Waals surface area contributed by atoms with Gasteiger partial charge in [-0.05, 0) is 55.6 Å². The third-order valence-corrected chi connectivity index (χ3v) is 5.18. The molecule has 0 N–H and O–H groups in total. The maximum atomic E-state index is 12.4. The SMILES string of the molecule is COC1(CC(=O)CC2CCCc3ccccc32)CCC1. The molecule has 1 fully saturated rings. The molecule has 1 atom stereocenters. The number of methoxy groups -OCH3 is 1. The van der Waals surface area contributed by atoms with Crippen molar-refractivity contribution >= 4 is 5.78 Å². The molecule has 20 heavy (non-hydrogen) atoms. The van der Waals surface area contributed by atoms with Crippen LogP contribution in [0, 0.1) is 0 Å². The summed E-state index contributed by atoms with van der Waals surface area (Å²) in [7, 11) is 1.75. The Bertz CT molecular complexity index is 482. The van der Waals surface area contributed by atoms with Gasteiger partial charge < -0.3 is 4.74 Å². The summed E-state index contributed by atoms with van der Waals surface area (Å²) >= 11 is 0. The van der Waals surface area contributed by atoms with Crippen LogP contribution in [0.1, 0.15) is 62.0 Å². The largest absolute Gasteiger partial charge is 0.378 e. The Balaban J connectivity index is 1.65. The van der Waals surface area contributed by atoms with Crippen molar-refractivity contribution in [2.75, 3.05) is 7.11 Å². The van der Waals surface area contributed by atoms with E-state index in [1.807, 2.05) is 0 Å². The van der Waals surface area contributed by atoms with Gasteiger partial charge in [0.05, 0.1) is 5.60 Å². The number of hydrogen-bond donors (Lipinski definition) is 0. The van der Waals surface area contributed by atoms with Crippen LogP contribution in [0.5, 0.6) is 0 Å². The van der Waals surface area contributed by atoms with Crippen LogP contribution in [0.2, 0.25) is 0 Å². The molecule has 2 heteroatoms. The standard InChI is InChI=1S/C18H24O2/c1-20-18(10-5-11-18)13-16(19)12-15-8-4-7-14-6-2-3-9-17(14)15/h2-3,6,9,15H,4-5,7-8,10-13H2,1H3. The fourth-order valence-corrected chi connectivity index (χ4v) is 3.80. The minimum atomic E-state index is -0.120. The van der Waals surface area contributed by atoms with Gasteiger partial charge in [0.2, 0.25) is 0 Å². The predicted molar refractivity (Wildman–Crippen MR) is 80.0 cm³/mol. The fourth-order valence-electron chi connectivity index (χ4n) is 3.80. The van der Waals surface area contributed by atoms with E-state index in [-0.39, 0.29) is 5.60 Å². The lowest BCUT2D eigenvalue weighted by molar-refractivity contribution is -0.132. The van der Waals surface area contributed by atoms with Gasteiger partial charge in [0.15, 0.2) is 0 Å². The topological polar surface area (TPSA) is 26.3 Å². The molecule has 108 valence electrons. The average molecular weight is 272 g/mol. The number of Topliss-reactive ketones (excluding diaryl/α,β-unsaturated/α-hetero) is 1. The maximum Gasteiger partial charge on any atom is 0.136 e. The van der Waals surface area contributed by atoms with E-state index in [0.29, 0.717) is 24.5 Å². The quantitative estimate of drug-likeness (QED) is 0.809. The minimum Gasteiger partial charge on any atom is -0.378 e. The lowest BCUT2D eigenvalue weighted by Gasteiger charge is -2.40. The number of rotatable bonds is 5. The summed E-state index contributed by atoms with van der Waals surface area (Å²) < 4.78 is 5.58. The summed E-state index contributed by atoms with van der Waals surface area (Å²) in [5, 5.41) is 0. The zero-order valence-electron chi connectivity index (χ0n) is 12.4. The summed E-state index contributed by atoms with van der Waals surface area (Å²) in [5.74, 6) is 0.815. The molecule has 0 aliphatic heterocycles. The second kappa shape index (κ2) is 5.69. The zero-order chi connectivity index (χ0) is 14.0. The van der Waals surface area contributed by atoms with Gasteiger partial charge in [-0.1, -0.05) is 24.3 Å². The normalized spacial score (nSPS) is 23.8. The van der Waals surface area contributed by atoms with Crippen LogP contribution in [0.3, 0.4) is 0 Å². The monoisotopic (exact) mass is 272 g/mol. The first-order valence-corrected chi connectivity index (χ1v) is 7.87. The molecular formula is C18H24O2. The summed E-state index contributed by atoms with van der Waals surface area (Å²) in [6.07, 6.45) is 8.15. The van der Waals surface area contributed by atoms with Gasteiger partial charge in [-0.2, -0.15) is 0 Å². The molecule has 2 nitrogen and oxygen atoms in total. The van der Waals surface area contributed by atoms with E-state index < -0.39 is 0 Å². The van der Waals surface area contributed by atoms with Crippen molar-refractivity contribution in [3.8, 4) is 0 Å². The Morgan fingerprint density at radius 3 is 2.80 bits per heavy atom. The van der Waals surface area contributed by atoms with Gasteiger partial charge >= 0.3 is 0 Å². The van der Waals surface area contributed by atoms with Gasteiger partial charge in [0.25, 0.3) is 0 Å². The Hall–Kier alpha value is -1.15. The van der Waals surface area contributed by atoms with Gasteiger partial charge in [0.1, 0.15) is 5.78 Å².